The lowest BCUT2D eigenvalue weighted by atomic mass is 10.1. The van der Waals surface area contributed by atoms with Gasteiger partial charge in [-0.2, -0.15) is 0 Å². The number of hydrogen-bond acceptors (Lipinski definition) is 2. The molecular weight excluding hydrogens is 243 g/mol. The van der Waals surface area contributed by atoms with Crippen molar-refractivity contribution >= 4 is 0 Å². The van der Waals surface area contributed by atoms with Crippen LogP contribution in [-0.4, -0.2) is 12.4 Å². The first-order chi connectivity index (χ1) is 8.42. The van der Waals surface area contributed by atoms with Crippen molar-refractivity contribution in [3.8, 4) is 5.75 Å². The van der Waals surface area contributed by atoms with Gasteiger partial charge >= 0.3 is 6.36 Å². The maximum atomic E-state index is 12.2. The molecule has 1 N–H and O–H groups in total. The van der Waals surface area contributed by atoms with Crippen LogP contribution >= 0.6 is 0 Å². The SMILES string of the molecule is C=CCC(C)NCc1ccccc1OC(F)(F)F. The van der Waals surface area contributed by atoms with Crippen molar-refractivity contribution in [2.45, 2.75) is 32.3 Å². The molecule has 0 fully saturated rings. The minimum Gasteiger partial charge on any atom is -0.405 e. The zero-order valence-electron chi connectivity index (χ0n) is 10.1. The lowest BCUT2D eigenvalue weighted by Crippen LogP contribution is -2.25. The minimum atomic E-state index is -4.66. The van der Waals surface area contributed by atoms with Crippen LogP contribution in [0, 0.1) is 0 Å². The Morgan fingerprint density at radius 1 is 1.39 bits per heavy atom. The van der Waals surface area contributed by atoms with Gasteiger partial charge in [0.2, 0.25) is 0 Å². The van der Waals surface area contributed by atoms with E-state index in [1.807, 2.05) is 6.92 Å². The number of nitrogens with one attached hydrogen (secondary N) is 1. The third-order valence-electron chi connectivity index (χ3n) is 2.36. The van der Waals surface area contributed by atoms with Gasteiger partial charge < -0.3 is 10.1 Å². The molecule has 5 heteroatoms. The van der Waals surface area contributed by atoms with Crippen molar-refractivity contribution in [1.82, 2.24) is 5.32 Å². The molecule has 1 unspecified atom stereocenters. The van der Waals surface area contributed by atoms with Crippen LogP contribution in [0.15, 0.2) is 36.9 Å². The average molecular weight is 259 g/mol. The highest BCUT2D eigenvalue weighted by Crippen LogP contribution is 2.26. The van der Waals surface area contributed by atoms with Crippen molar-refractivity contribution in [1.29, 1.82) is 0 Å². The Morgan fingerprint density at radius 2 is 2.06 bits per heavy atom. The second-order valence-corrected chi connectivity index (χ2v) is 3.96. The summed E-state index contributed by atoms with van der Waals surface area (Å²) in [7, 11) is 0. The van der Waals surface area contributed by atoms with E-state index in [0.717, 1.165) is 6.42 Å². The summed E-state index contributed by atoms with van der Waals surface area (Å²) in [6.45, 7) is 5.87. The molecule has 1 aromatic rings. The summed E-state index contributed by atoms with van der Waals surface area (Å²) in [6.07, 6.45) is -2.15. The largest absolute Gasteiger partial charge is 0.573 e. The zero-order valence-corrected chi connectivity index (χ0v) is 10.1. The number of hydrogen-bond donors (Lipinski definition) is 1. The van der Waals surface area contributed by atoms with E-state index in [-0.39, 0.29) is 11.8 Å². The van der Waals surface area contributed by atoms with Gasteiger partial charge in [0, 0.05) is 18.2 Å². The third-order valence-corrected chi connectivity index (χ3v) is 2.36. The van der Waals surface area contributed by atoms with Gasteiger partial charge in [-0.25, -0.2) is 0 Å². The highest BCUT2D eigenvalue weighted by Gasteiger charge is 2.31. The van der Waals surface area contributed by atoms with Crippen LogP contribution in [0.3, 0.4) is 0 Å². The number of ether oxygens (including phenoxy) is 1. The van der Waals surface area contributed by atoms with Crippen molar-refractivity contribution < 1.29 is 17.9 Å². The molecule has 1 atom stereocenters. The first kappa shape index (κ1) is 14.6. The van der Waals surface area contributed by atoms with Crippen LogP contribution in [-0.2, 0) is 6.54 Å². The van der Waals surface area contributed by atoms with E-state index in [9.17, 15) is 13.2 Å². The Labute approximate surface area is 104 Å². The van der Waals surface area contributed by atoms with E-state index in [4.69, 9.17) is 0 Å². The monoisotopic (exact) mass is 259 g/mol. The van der Waals surface area contributed by atoms with Crippen LogP contribution in [0.1, 0.15) is 18.9 Å². The Kier molecular flexibility index (Phi) is 5.22. The van der Waals surface area contributed by atoms with E-state index in [0.29, 0.717) is 12.1 Å². The average Bonchev–Trinajstić information content (AvgIpc) is 2.26. The van der Waals surface area contributed by atoms with Crippen molar-refractivity contribution in [3.05, 3.63) is 42.5 Å². The molecule has 0 heterocycles. The number of alkyl halides is 3. The number of para-hydroxylation sites is 1. The molecule has 0 saturated heterocycles. The first-order valence-electron chi connectivity index (χ1n) is 5.60. The number of benzene rings is 1. The molecule has 0 spiro atoms. The normalized spacial score (nSPS) is 13.1. The lowest BCUT2D eigenvalue weighted by Gasteiger charge is -2.15. The molecule has 100 valence electrons. The summed E-state index contributed by atoms with van der Waals surface area (Å²) in [5.41, 5.74) is 0.478. The molecule has 1 aromatic carbocycles. The summed E-state index contributed by atoms with van der Waals surface area (Å²) >= 11 is 0. The van der Waals surface area contributed by atoms with E-state index < -0.39 is 6.36 Å². The highest BCUT2D eigenvalue weighted by atomic mass is 19.4. The van der Waals surface area contributed by atoms with Gasteiger partial charge in [0.05, 0.1) is 0 Å². The van der Waals surface area contributed by atoms with Crippen LogP contribution in [0.5, 0.6) is 5.75 Å². The third kappa shape index (κ3) is 5.23. The van der Waals surface area contributed by atoms with Gasteiger partial charge in [0.15, 0.2) is 0 Å². The molecular formula is C13H16F3NO. The van der Waals surface area contributed by atoms with E-state index >= 15 is 0 Å². The van der Waals surface area contributed by atoms with Crippen LogP contribution in [0.2, 0.25) is 0 Å². The number of halogens is 3. The van der Waals surface area contributed by atoms with Gasteiger partial charge in [-0.3, -0.25) is 0 Å². The quantitative estimate of drug-likeness (QED) is 0.787. The standard InChI is InChI=1S/C13H16F3NO/c1-3-6-10(2)17-9-11-7-4-5-8-12(11)18-13(14,15)16/h3-5,7-8,10,17H,1,6,9H2,2H3. The summed E-state index contributed by atoms with van der Waals surface area (Å²) in [5, 5.41) is 3.11. The van der Waals surface area contributed by atoms with Crippen LogP contribution < -0.4 is 10.1 Å². The van der Waals surface area contributed by atoms with Gasteiger partial charge in [0.1, 0.15) is 5.75 Å². The second-order valence-electron chi connectivity index (χ2n) is 3.96. The van der Waals surface area contributed by atoms with Crippen molar-refractivity contribution in [2.24, 2.45) is 0 Å². The summed E-state index contributed by atoms with van der Waals surface area (Å²) in [6, 6.07) is 6.26. The molecule has 0 aliphatic rings. The summed E-state index contributed by atoms with van der Waals surface area (Å²) in [4.78, 5) is 0. The van der Waals surface area contributed by atoms with Crippen LogP contribution in [0.25, 0.3) is 0 Å². The topological polar surface area (TPSA) is 21.3 Å². The maximum absolute atomic E-state index is 12.2. The Bertz CT molecular complexity index is 390. The van der Waals surface area contributed by atoms with Gasteiger partial charge in [0.25, 0.3) is 0 Å². The highest BCUT2D eigenvalue weighted by molar-refractivity contribution is 5.33. The second kappa shape index (κ2) is 6.44. The molecule has 18 heavy (non-hydrogen) atoms. The molecule has 0 bridgehead atoms. The smallest absolute Gasteiger partial charge is 0.405 e. The van der Waals surface area contributed by atoms with Crippen molar-refractivity contribution in [3.63, 3.8) is 0 Å². The summed E-state index contributed by atoms with van der Waals surface area (Å²) < 4.78 is 40.5. The fraction of sp³-hybridized carbons (Fsp3) is 0.385. The van der Waals surface area contributed by atoms with E-state index in [1.54, 1.807) is 18.2 Å². The van der Waals surface area contributed by atoms with Gasteiger partial charge in [-0.05, 0) is 19.4 Å². The van der Waals surface area contributed by atoms with Crippen LogP contribution in [0.4, 0.5) is 13.2 Å². The van der Waals surface area contributed by atoms with E-state index in [1.165, 1.54) is 12.1 Å². The predicted molar refractivity (Wildman–Crippen MR) is 64.2 cm³/mol. The zero-order chi connectivity index (χ0) is 13.6. The Balaban J connectivity index is 2.67. The molecule has 0 aliphatic carbocycles. The number of rotatable bonds is 6. The minimum absolute atomic E-state index is 0.154. The lowest BCUT2D eigenvalue weighted by molar-refractivity contribution is -0.274. The fourth-order valence-corrected chi connectivity index (χ4v) is 1.49. The molecule has 2 nitrogen and oxygen atoms in total. The molecule has 0 amide bonds. The Hall–Kier alpha value is -1.49. The molecule has 0 saturated carbocycles. The summed E-state index contributed by atoms with van der Waals surface area (Å²) in [5.74, 6) is -0.164. The molecule has 1 rings (SSSR count). The molecule has 0 aromatic heterocycles. The van der Waals surface area contributed by atoms with Gasteiger partial charge in [-0.1, -0.05) is 24.3 Å². The van der Waals surface area contributed by atoms with E-state index in [2.05, 4.69) is 16.6 Å². The fourth-order valence-electron chi connectivity index (χ4n) is 1.49. The Morgan fingerprint density at radius 3 is 2.67 bits per heavy atom. The van der Waals surface area contributed by atoms with Crippen molar-refractivity contribution in [2.75, 3.05) is 0 Å². The predicted octanol–water partition coefficient (Wildman–Crippen LogP) is 3.64. The first-order valence-corrected chi connectivity index (χ1v) is 5.60. The van der Waals surface area contributed by atoms with Gasteiger partial charge in [-0.15, -0.1) is 19.8 Å². The molecule has 0 aliphatic heterocycles. The maximum Gasteiger partial charge on any atom is 0.573 e. The molecule has 0 radical (unpaired) electrons.